The van der Waals surface area contributed by atoms with Crippen LogP contribution in [0.4, 0.5) is 16.3 Å². The van der Waals surface area contributed by atoms with Crippen molar-refractivity contribution in [2.24, 2.45) is 0 Å². The summed E-state index contributed by atoms with van der Waals surface area (Å²) >= 11 is 0. The maximum Gasteiger partial charge on any atom is 0.324 e. The zero-order chi connectivity index (χ0) is 18.5. The predicted molar refractivity (Wildman–Crippen MR) is 106 cm³/mol. The van der Waals surface area contributed by atoms with Crippen molar-refractivity contribution in [3.63, 3.8) is 0 Å². The van der Waals surface area contributed by atoms with E-state index in [-0.39, 0.29) is 6.03 Å². The van der Waals surface area contributed by atoms with Crippen LogP contribution >= 0.6 is 0 Å². The number of rotatable bonds is 5. The summed E-state index contributed by atoms with van der Waals surface area (Å²) in [6.45, 7) is 0.410. The summed E-state index contributed by atoms with van der Waals surface area (Å²) in [5, 5.41) is 5.65. The fraction of sp³-hybridized carbons (Fsp3) is 0.182. The highest BCUT2D eigenvalue weighted by Crippen LogP contribution is 2.26. The molecule has 2 amide bonds. The van der Waals surface area contributed by atoms with Crippen LogP contribution in [0.1, 0.15) is 23.1 Å². The molecule has 1 heterocycles. The number of fused-ring (bicyclic) bond motifs is 1. The molecule has 0 saturated heterocycles. The Morgan fingerprint density at radius 3 is 2.70 bits per heavy atom. The second-order valence-electron chi connectivity index (χ2n) is 6.54. The molecular formula is C22H21N3O2. The molecule has 5 nitrogen and oxygen atoms in total. The first-order valence-electron chi connectivity index (χ1n) is 9.09. The van der Waals surface area contributed by atoms with Crippen LogP contribution in [-0.2, 0) is 19.4 Å². The van der Waals surface area contributed by atoms with Crippen LogP contribution in [0, 0.1) is 0 Å². The lowest BCUT2D eigenvalue weighted by atomic mass is 10.1. The molecule has 2 aromatic carbocycles. The van der Waals surface area contributed by atoms with Crippen LogP contribution in [0.5, 0.6) is 5.75 Å². The number of carbonyl (C=O) groups is 1. The molecule has 0 spiro atoms. The Kier molecular flexibility index (Phi) is 5.01. The molecule has 0 bridgehead atoms. The third kappa shape index (κ3) is 4.26. The molecule has 4 rings (SSSR count). The minimum atomic E-state index is -0.337. The summed E-state index contributed by atoms with van der Waals surface area (Å²) < 4.78 is 5.83. The van der Waals surface area contributed by atoms with Gasteiger partial charge in [-0.3, -0.25) is 5.32 Å². The molecule has 1 aliphatic carbocycles. The number of nitrogens with zero attached hydrogens (tertiary/aromatic N) is 1. The lowest BCUT2D eigenvalue weighted by molar-refractivity contribution is 0.261. The van der Waals surface area contributed by atoms with E-state index >= 15 is 0 Å². The van der Waals surface area contributed by atoms with Gasteiger partial charge in [-0.15, -0.1) is 0 Å². The van der Waals surface area contributed by atoms with E-state index in [2.05, 4.69) is 21.7 Å². The predicted octanol–water partition coefficient (Wildman–Crippen LogP) is 4.79. The maximum absolute atomic E-state index is 12.4. The third-order valence-electron chi connectivity index (χ3n) is 4.60. The Morgan fingerprint density at radius 1 is 0.963 bits per heavy atom. The molecule has 1 aromatic heterocycles. The van der Waals surface area contributed by atoms with Crippen molar-refractivity contribution in [1.82, 2.24) is 4.98 Å². The number of pyridine rings is 1. The van der Waals surface area contributed by atoms with Crippen molar-refractivity contribution in [2.75, 3.05) is 10.6 Å². The average molecular weight is 359 g/mol. The molecule has 0 fully saturated rings. The van der Waals surface area contributed by atoms with Crippen LogP contribution in [0.15, 0.2) is 66.9 Å². The Bertz CT molecular complexity index is 941. The molecular weight excluding hydrogens is 338 g/mol. The number of benzene rings is 2. The summed E-state index contributed by atoms with van der Waals surface area (Å²) in [4.78, 5) is 16.6. The molecule has 3 aromatic rings. The Hall–Kier alpha value is -3.34. The first kappa shape index (κ1) is 17.1. The topological polar surface area (TPSA) is 63.2 Å². The van der Waals surface area contributed by atoms with E-state index in [1.165, 1.54) is 17.5 Å². The third-order valence-corrected chi connectivity index (χ3v) is 4.60. The summed E-state index contributed by atoms with van der Waals surface area (Å²) in [7, 11) is 0. The van der Waals surface area contributed by atoms with Crippen molar-refractivity contribution in [3.05, 3.63) is 83.6 Å². The molecule has 27 heavy (non-hydrogen) atoms. The second kappa shape index (κ2) is 7.91. The Balaban J connectivity index is 1.40. The molecule has 5 heteroatoms. The Morgan fingerprint density at radius 2 is 1.81 bits per heavy atom. The van der Waals surface area contributed by atoms with Crippen LogP contribution in [0.3, 0.4) is 0 Å². The number of ether oxygens (including phenoxy) is 1. The van der Waals surface area contributed by atoms with Crippen molar-refractivity contribution in [1.29, 1.82) is 0 Å². The highest BCUT2D eigenvalue weighted by molar-refractivity contribution is 6.00. The highest BCUT2D eigenvalue weighted by atomic mass is 16.5. The molecule has 1 aliphatic rings. The van der Waals surface area contributed by atoms with Crippen LogP contribution in [0.2, 0.25) is 0 Å². The standard InChI is InChI=1S/C22H21N3O2/c26-22(24-19-12-11-17-8-4-9-18(17)14-19)25-21-20(10-5-13-23-21)27-15-16-6-2-1-3-7-16/h1-3,5-7,10-14H,4,8-9,15H2,(H2,23,24,25,26). The summed E-state index contributed by atoms with van der Waals surface area (Å²) in [5.74, 6) is 0.928. The lowest BCUT2D eigenvalue weighted by Crippen LogP contribution is -2.20. The zero-order valence-electron chi connectivity index (χ0n) is 14.9. The van der Waals surface area contributed by atoms with Gasteiger partial charge in [0.15, 0.2) is 11.6 Å². The van der Waals surface area contributed by atoms with E-state index in [4.69, 9.17) is 4.74 Å². The molecule has 2 N–H and O–H groups in total. The quantitative estimate of drug-likeness (QED) is 0.688. The van der Waals surface area contributed by atoms with Gasteiger partial charge in [0.05, 0.1) is 0 Å². The molecule has 136 valence electrons. The van der Waals surface area contributed by atoms with Crippen molar-refractivity contribution >= 4 is 17.5 Å². The van der Waals surface area contributed by atoms with Gasteiger partial charge in [0.2, 0.25) is 0 Å². The maximum atomic E-state index is 12.4. The first-order valence-corrected chi connectivity index (χ1v) is 9.09. The number of hydrogen-bond acceptors (Lipinski definition) is 3. The molecule has 0 saturated carbocycles. The van der Waals surface area contributed by atoms with Gasteiger partial charge in [-0.25, -0.2) is 9.78 Å². The SMILES string of the molecule is O=C(Nc1ccc2c(c1)CCC2)Nc1ncccc1OCc1ccccc1. The fourth-order valence-electron chi connectivity index (χ4n) is 3.26. The van der Waals surface area contributed by atoms with Crippen LogP contribution in [0.25, 0.3) is 0 Å². The highest BCUT2D eigenvalue weighted by Gasteiger charge is 2.13. The van der Waals surface area contributed by atoms with E-state index in [1.54, 1.807) is 18.3 Å². The Labute approximate surface area is 158 Å². The molecule has 0 aliphatic heterocycles. The number of anilines is 2. The van der Waals surface area contributed by atoms with Gasteiger partial charge in [0.25, 0.3) is 0 Å². The van der Waals surface area contributed by atoms with Gasteiger partial charge in [-0.2, -0.15) is 0 Å². The number of amides is 2. The fourth-order valence-corrected chi connectivity index (χ4v) is 3.26. The van der Waals surface area contributed by atoms with Crippen LogP contribution < -0.4 is 15.4 Å². The summed E-state index contributed by atoms with van der Waals surface area (Å²) in [5.41, 5.74) is 4.53. The lowest BCUT2D eigenvalue weighted by Gasteiger charge is -2.12. The van der Waals surface area contributed by atoms with Crippen molar-refractivity contribution < 1.29 is 9.53 Å². The van der Waals surface area contributed by atoms with E-state index in [0.29, 0.717) is 18.2 Å². The number of urea groups is 1. The number of aryl methyl sites for hydroxylation is 2. The monoisotopic (exact) mass is 359 g/mol. The largest absolute Gasteiger partial charge is 0.485 e. The van der Waals surface area contributed by atoms with Gasteiger partial charge in [-0.05, 0) is 60.2 Å². The molecule has 0 unspecified atom stereocenters. The average Bonchev–Trinajstić information content (AvgIpc) is 3.16. The smallest absolute Gasteiger partial charge is 0.324 e. The van der Waals surface area contributed by atoms with Crippen LogP contribution in [-0.4, -0.2) is 11.0 Å². The number of nitrogens with one attached hydrogen (secondary N) is 2. The van der Waals surface area contributed by atoms with Gasteiger partial charge in [-0.1, -0.05) is 36.4 Å². The van der Waals surface area contributed by atoms with E-state index in [9.17, 15) is 4.79 Å². The summed E-state index contributed by atoms with van der Waals surface area (Å²) in [6, 6.07) is 19.2. The zero-order valence-corrected chi connectivity index (χ0v) is 14.9. The van der Waals surface area contributed by atoms with Gasteiger partial charge < -0.3 is 10.1 Å². The molecule has 0 atom stereocenters. The number of aromatic nitrogens is 1. The number of carbonyl (C=O) groups excluding carboxylic acids is 1. The first-order chi connectivity index (χ1) is 13.3. The van der Waals surface area contributed by atoms with Crippen molar-refractivity contribution in [2.45, 2.75) is 25.9 Å². The van der Waals surface area contributed by atoms with E-state index < -0.39 is 0 Å². The number of hydrogen-bond donors (Lipinski definition) is 2. The van der Waals surface area contributed by atoms with Gasteiger partial charge >= 0.3 is 6.03 Å². The second-order valence-corrected chi connectivity index (χ2v) is 6.54. The van der Waals surface area contributed by atoms with Gasteiger partial charge in [0.1, 0.15) is 6.61 Å². The normalized spacial score (nSPS) is 12.3. The van der Waals surface area contributed by atoms with E-state index in [0.717, 1.165) is 24.1 Å². The van der Waals surface area contributed by atoms with Crippen molar-refractivity contribution in [3.8, 4) is 5.75 Å². The minimum absolute atomic E-state index is 0.337. The minimum Gasteiger partial charge on any atom is -0.485 e. The van der Waals surface area contributed by atoms with Gasteiger partial charge in [0, 0.05) is 11.9 Å². The summed E-state index contributed by atoms with van der Waals surface area (Å²) in [6.07, 6.45) is 5.00. The van der Waals surface area contributed by atoms with E-state index in [1.807, 2.05) is 42.5 Å². The molecule has 0 radical (unpaired) electrons.